The summed E-state index contributed by atoms with van der Waals surface area (Å²) in [6, 6.07) is -0.229. The van der Waals surface area contributed by atoms with Crippen molar-refractivity contribution in [1.82, 2.24) is 20.4 Å². The Balaban J connectivity index is 1.48. The first-order valence-electron chi connectivity index (χ1n) is 8.16. The number of aliphatic hydroxyl groups is 1. The van der Waals surface area contributed by atoms with E-state index in [2.05, 4.69) is 15.5 Å². The summed E-state index contributed by atoms with van der Waals surface area (Å²) < 4.78 is 37.6. The van der Waals surface area contributed by atoms with Crippen LogP contribution in [0.3, 0.4) is 0 Å². The first kappa shape index (κ1) is 17.1. The molecule has 1 aromatic rings. The van der Waals surface area contributed by atoms with Crippen LogP contribution in [0, 0.1) is 5.92 Å². The van der Waals surface area contributed by atoms with Crippen molar-refractivity contribution in [3.63, 3.8) is 0 Å². The zero-order valence-electron chi connectivity index (χ0n) is 13.1. The van der Waals surface area contributed by atoms with Gasteiger partial charge in [0.1, 0.15) is 0 Å². The number of aryl methyl sites for hydroxylation is 1. The molecule has 2 atom stereocenters. The first-order chi connectivity index (χ1) is 11.3. The predicted octanol–water partition coefficient (Wildman–Crippen LogP) is 1.61. The number of halogens is 3. The number of aromatic amines is 1. The molecule has 0 spiro atoms. The molecule has 1 fully saturated rings. The van der Waals surface area contributed by atoms with Gasteiger partial charge in [0.2, 0.25) is 0 Å². The van der Waals surface area contributed by atoms with Crippen molar-refractivity contribution in [2.75, 3.05) is 13.1 Å². The molecule has 3 N–H and O–H groups in total. The summed E-state index contributed by atoms with van der Waals surface area (Å²) in [6.45, 7) is 0.459. The van der Waals surface area contributed by atoms with Crippen LogP contribution in [0.25, 0.3) is 0 Å². The average Bonchev–Trinajstić information content (AvgIpc) is 3.01. The number of piperidine rings is 1. The second kappa shape index (κ2) is 6.62. The highest BCUT2D eigenvalue weighted by molar-refractivity contribution is 5.74. The number of nitrogens with zero attached hydrogens (tertiary/aromatic N) is 2. The maximum atomic E-state index is 12.5. The lowest BCUT2D eigenvalue weighted by molar-refractivity contribution is -0.222. The van der Waals surface area contributed by atoms with E-state index in [1.54, 1.807) is 6.20 Å². The van der Waals surface area contributed by atoms with Crippen LogP contribution in [0.5, 0.6) is 0 Å². The molecular weight excluding hydrogens is 325 g/mol. The van der Waals surface area contributed by atoms with E-state index in [1.165, 1.54) is 4.90 Å². The van der Waals surface area contributed by atoms with Gasteiger partial charge in [-0.3, -0.25) is 5.10 Å². The number of carbonyl (C=O) groups is 1. The van der Waals surface area contributed by atoms with Crippen molar-refractivity contribution in [3.05, 3.63) is 17.5 Å². The van der Waals surface area contributed by atoms with Gasteiger partial charge in [-0.15, -0.1) is 0 Å². The van der Waals surface area contributed by atoms with Gasteiger partial charge in [0.15, 0.2) is 6.10 Å². The van der Waals surface area contributed by atoms with Crippen LogP contribution < -0.4 is 5.32 Å². The molecule has 3 rings (SSSR count). The lowest BCUT2D eigenvalue weighted by Crippen LogP contribution is -2.51. The zero-order chi connectivity index (χ0) is 17.3. The van der Waals surface area contributed by atoms with Gasteiger partial charge in [0.05, 0.1) is 6.20 Å². The molecule has 0 bridgehead atoms. The van der Waals surface area contributed by atoms with Crippen LogP contribution in [0.4, 0.5) is 18.0 Å². The third kappa shape index (κ3) is 3.66. The number of nitrogens with one attached hydrogen (secondary N) is 2. The predicted molar refractivity (Wildman–Crippen MR) is 79.3 cm³/mol. The number of aliphatic hydroxyl groups excluding tert-OH is 1. The van der Waals surface area contributed by atoms with Crippen LogP contribution in [0.2, 0.25) is 0 Å². The second-order valence-electron chi connectivity index (χ2n) is 6.57. The molecule has 6 nitrogen and oxygen atoms in total. The number of hydrogen-bond acceptors (Lipinski definition) is 3. The van der Waals surface area contributed by atoms with Crippen molar-refractivity contribution >= 4 is 6.03 Å². The molecule has 1 aliphatic heterocycles. The molecule has 1 aliphatic carbocycles. The summed E-state index contributed by atoms with van der Waals surface area (Å²) >= 11 is 0. The number of amides is 2. The number of hydrogen-bond donors (Lipinski definition) is 3. The third-order valence-corrected chi connectivity index (χ3v) is 4.95. The fourth-order valence-corrected chi connectivity index (χ4v) is 3.49. The average molecular weight is 346 g/mol. The monoisotopic (exact) mass is 346 g/mol. The Hall–Kier alpha value is -1.77. The number of alkyl halides is 3. The summed E-state index contributed by atoms with van der Waals surface area (Å²) in [5, 5.41) is 19.2. The Morgan fingerprint density at radius 3 is 2.75 bits per heavy atom. The molecule has 24 heavy (non-hydrogen) atoms. The van der Waals surface area contributed by atoms with Crippen molar-refractivity contribution in [2.24, 2.45) is 5.92 Å². The summed E-state index contributed by atoms with van der Waals surface area (Å²) in [6.07, 6.45) is -2.49. The molecule has 9 heteroatoms. The molecule has 2 amide bonds. The van der Waals surface area contributed by atoms with Gasteiger partial charge >= 0.3 is 12.2 Å². The summed E-state index contributed by atoms with van der Waals surface area (Å²) in [5.74, 6) is -0.836. The van der Waals surface area contributed by atoms with E-state index in [-0.39, 0.29) is 38.0 Å². The first-order valence-corrected chi connectivity index (χ1v) is 8.16. The highest BCUT2D eigenvalue weighted by Crippen LogP contribution is 2.31. The molecular formula is C15H21F3N4O2. The molecule has 0 aromatic carbocycles. The van der Waals surface area contributed by atoms with E-state index in [4.69, 9.17) is 0 Å². The summed E-state index contributed by atoms with van der Waals surface area (Å²) in [4.78, 5) is 13.8. The highest BCUT2D eigenvalue weighted by Gasteiger charge is 2.44. The number of likely N-dealkylation sites (tertiary alicyclic amines) is 1. The van der Waals surface area contributed by atoms with E-state index in [9.17, 15) is 23.1 Å². The van der Waals surface area contributed by atoms with Crippen LogP contribution in [0.15, 0.2) is 6.20 Å². The van der Waals surface area contributed by atoms with Gasteiger partial charge in [-0.1, -0.05) is 0 Å². The number of fused-ring (bicyclic) bond motifs is 1. The van der Waals surface area contributed by atoms with Crippen LogP contribution in [-0.2, 0) is 12.8 Å². The number of urea groups is 1. The van der Waals surface area contributed by atoms with Gasteiger partial charge in [-0.2, -0.15) is 18.3 Å². The Labute approximate surface area is 137 Å². The van der Waals surface area contributed by atoms with Crippen molar-refractivity contribution in [3.8, 4) is 0 Å². The normalized spacial score (nSPS) is 23.7. The van der Waals surface area contributed by atoms with E-state index in [0.717, 1.165) is 24.1 Å². The minimum Gasteiger partial charge on any atom is -0.383 e. The highest BCUT2D eigenvalue weighted by atomic mass is 19.4. The SMILES string of the molecule is O=C(NC1CCc2[nH]ncc2C1)N1CCC(C(O)C(F)(F)F)CC1. The molecule has 1 saturated heterocycles. The molecule has 1 aromatic heterocycles. The van der Waals surface area contributed by atoms with Crippen molar-refractivity contribution in [2.45, 2.75) is 50.4 Å². The van der Waals surface area contributed by atoms with Crippen LogP contribution in [-0.4, -0.2) is 57.6 Å². The Morgan fingerprint density at radius 1 is 1.38 bits per heavy atom. The molecule has 0 radical (unpaired) electrons. The maximum Gasteiger partial charge on any atom is 0.414 e. The summed E-state index contributed by atoms with van der Waals surface area (Å²) in [5.41, 5.74) is 2.20. The quantitative estimate of drug-likeness (QED) is 0.761. The van der Waals surface area contributed by atoms with Gasteiger partial charge in [0.25, 0.3) is 0 Å². The maximum absolute atomic E-state index is 12.5. The Kier molecular flexibility index (Phi) is 4.71. The van der Waals surface area contributed by atoms with Crippen LogP contribution >= 0.6 is 0 Å². The molecule has 2 heterocycles. The minimum atomic E-state index is -4.60. The smallest absolute Gasteiger partial charge is 0.383 e. The molecule has 134 valence electrons. The van der Waals surface area contributed by atoms with E-state index < -0.39 is 18.2 Å². The van der Waals surface area contributed by atoms with Gasteiger partial charge < -0.3 is 15.3 Å². The fourth-order valence-electron chi connectivity index (χ4n) is 3.49. The second-order valence-corrected chi connectivity index (χ2v) is 6.57. The zero-order valence-corrected chi connectivity index (χ0v) is 13.1. The topological polar surface area (TPSA) is 81.2 Å². The fraction of sp³-hybridized carbons (Fsp3) is 0.733. The number of rotatable bonds is 2. The standard InChI is InChI=1S/C15H21F3N4O2/c16-15(17,18)13(23)9-3-5-22(6-4-9)14(24)20-11-1-2-12-10(7-11)8-19-21-12/h8-9,11,13,23H,1-7H2,(H,19,21)(H,20,24). The minimum absolute atomic E-state index is 0.0149. The Bertz CT molecular complexity index is 582. The van der Waals surface area contributed by atoms with E-state index >= 15 is 0 Å². The van der Waals surface area contributed by atoms with Crippen LogP contribution in [0.1, 0.15) is 30.5 Å². The van der Waals surface area contributed by atoms with E-state index in [1.807, 2.05) is 0 Å². The molecule has 2 unspecified atom stereocenters. The largest absolute Gasteiger partial charge is 0.414 e. The third-order valence-electron chi connectivity index (χ3n) is 4.95. The number of aromatic nitrogens is 2. The van der Waals surface area contributed by atoms with Crippen molar-refractivity contribution < 1.29 is 23.1 Å². The lowest BCUT2D eigenvalue weighted by atomic mass is 9.91. The number of carbonyl (C=O) groups excluding carboxylic acids is 1. The molecule has 2 aliphatic rings. The van der Waals surface area contributed by atoms with Gasteiger partial charge in [-0.25, -0.2) is 4.79 Å². The molecule has 0 saturated carbocycles. The summed E-state index contributed by atoms with van der Waals surface area (Å²) in [7, 11) is 0. The Morgan fingerprint density at radius 2 is 2.08 bits per heavy atom. The van der Waals surface area contributed by atoms with Gasteiger partial charge in [0, 0.05) is 24.8 Å². The van der Waals surface area contributed by atoms with Crippen molar-refractivity contribution in [1.29, 1.82) is 0 Å². The van der Waals surface area contributed by atoms with E-state index in [0.29, 0.717) is 6.42 Å². The van der Waals surface area contributed by atoms with Gasteiger partial charge in [-0.05, 0) is 43.6 Å². The lowest BCUT2D eigenvalue weighted by Gasteiger charge is -2.35. The number of H-pyrrole nitrogens is 1.